The van der Waals surface area contributed by atoms with Crippen molar-refractivity contribution in [2.24, 2.45) is 0 Å². The fraction of sp³-hybridized carbons (Fsp3) is 0. The lowest BCUT2D eigenvalue weighted by Gasteiger charge is -2.07. The highest BCUT2D eigenvalue weighted by molar-refractivity contribution is 6.34. The topological polar surface area (TPSA) is 52.9 Å². The van der Waals surface area contributed by atoms with Crippen molar-refractivity contribution in [1.29, 1.82) is 5.26 Å². The molecule has 0 heterocycles. The van der Waals surface area contributed by atoms with Crippen LogP contribution in [-0.4, -0.2) is 5.91 Å². The monoisotopic (exact) mass is 290 g/mol. The third-order valence-corrected chi connectivity index (χ3v) is 2.98. The molecule has 0 aliphatic heterocycles. The average molecular weight is 291 g/mol. The van der Waals surface area contributed by atoms with Crippen molar-refractivity contribution < 1.29 is 4.79 Å². The van der Waals surface area contributed by atoms with Crippen molar-refractivity contribution >= 4 is 34.8 Å². The predicted octanol–water partition coefficient (Wildman–Crippen LogP) is 4.12. The zero-order valence-electron chi connectivity index (χ0n) is 9.65. The van der Waals surface area contributed by atoms with Crippen molar-refractivity contribution in [3.05, 3.63) is 63.6 Å². The first kappa shape index (κ1) is 13.4. The first-order valence-corrected chi connectivity index (χ1v) is 6.12. The van der Waals surface area contributed by atoms with Crippen molar-refractivity contribution in [3.8, 4) is 6.07 Å². The average Bonchev–Trinajstić information content (AvgIpc) is 2.41. The number of hydrogen-bond donors (Lipinski definition) is 1. The maximum atomic E-state index is 12.0. The minimum absolute atomic E-state index is 0.311. The number of amides is 1. The van der Waals surface area contributed by atoms with Crippen molar-refractivity contribution in [2.75, 3.05) is 5.32 Å². The highest BCUT2D eigenvalue weighted by Crippen LogP contribution is 2.23. The normalized spacial score (nSPS) is 9.74. The van der Waals surface area contributed by atoms with Crippen LogP contribution >= 0.6 is 23.2 Å². The van der Waals surface area contributed by atoms with E-state index in [1.807, 2.05) is 6.07 Å². The first-order chi connectivity index (χ1) is 9.10. The standard InChI is InChI=1S/C14H8Cl2N2O/c15-11-3-1-2-10(7-11)14(19)18-13-5-4-9(8-17)6-12(13)16/h1-7H,(H,18,19). The van der Waals surface area contributed by atoms with Crippen molar-refractivity contribution in [1.82, 2.24) is 0 Å². The summed E-state index contributed by atoms with van der Waals surface area (Å²) in [6.45, 7) is 0. The van der Waals surface area contributed by atoms with Crippen LogP contribution in [0.2, 0.25) is 10.0 Å². The Morgan fingerprint density at radius 1 is 1.16 bits per heavy atom. The number of carbonyl (C=O) groups is 1. The second-order valence-electron chi connectivity index (χ2n) is 3.77. The molecule has 0 unspecified atom stereocenters. The van der Waals surface area contributed by atoms with Gasteiger partial charge in [0.1, 0.15) is 0 Å². The summed E-state index contributed by atoms with van der Waals surface area (Å²) in [6.07, 6.45) is 0. The molecule has 0 saturated carbocycles. The molecule has 0 bridgehead atoms. The number of nitrogens with one attached hydrogen (secondary N) is 1. The number of rotatable bonds is 2. The van der Waals surface area contributed by atoms with E-state index in [0.29, 0.717) is 26.9 Å². The maximum absolute atomic E-state index is 12.0. The Kier molecular flexibility index (Phi) is 4.06. The van der Waals surface area contributed by atoms with Gasteiger partial charge >= 0.3 is 0 Å². The van der Waals surface area contributed by atoms with Gasteiger partial charge in [0.2, 0.25) is 0 Å². The lowest BCUT2D eigenvalue weighted by molar-refractivity contribution is 0.102. The second-order valence-corrected chi connectivity index (χ2v) is 4.61. The number of halogens is 2. The molecule has 0 atom stereocenters. The molecule has 5 heteroatoms. The molecule has 1 N–H and O–H groups in total. The molecule has 1 amide bonds. The molecule has 2 aromatic carbocycles. The van der Waals surface area contributed by atoms with Gasteiger partial charge in [0, 0.05) is 10.6 Å². The van der Waals surface area contributed by atoms with E-state index >= 15 is 0 Å². The minimum Gasteiger partial charge on any atom is -0.321 e. The summed E-state index contributed by atoms with van der Waals surface area (Å²) in [5.74, 6) is -0.311. The molecule has 19 heavy (non-hydrogen) atoms. The predicted molar refractivity (Wildman–Crippen MR) is 75.6 cm³/mol. The Bertz CT molecular complexity index is 677. The van der Waals surface area contributed by atoms with Crippen molar-refractivity contribution in [2.45, 2.75) is 0 Å². The summed E-state index contributed by atoms with van der Waals surface area (Å²) < 4.78 is 0. The van der Waals surface area contributed by atoms with Crippen LogP contribution in [0, 0.1) is 11.3 Å². The molecule has 0 aliphatic rings. The Balaban J connectivity index is 2.22. The first-order valence-electron chi connectivity index (χ1n) is 5.37. The SMILES string of the molecule is N#Cc1ccc(NC(=O)c2cccc(Cl)c2)c(Cl)c1. The van der Waals surface area contributed by atoms with Gasteiger partial charge < -0.3 is 5.32 Å². The van der Waals surface area contributed by atoms with Crippen LogP contribution in [0.1, 0.15) is 15.9 Å². The quantitative estimate of drug-likeness (QED) is 0.905. The molecule has 0 fully saturated rings. The minimum atomic E-state index is -0.311. The Hall–Kier alpha value is -2.02. The summed E-state index contributed by atoms with van der Waals surface area (Å²) in [5.41, 5.74) is 1.32. The molecule has 2 rings (SSSR count). The Morgan fingerprint density at radius 2 is 1.95 bits per heavy atom. The van der Waals surface area contributed by atoms with Gasteiger partial charge in [-0.15, -0.1) is 0 Å². The van der Waals surface area contributed by atoms with E-state index in [9.17, 15) is 4.79 Å². The maximum Gasteiger partial charge on any atom is 0.255 e. The van der Waals surface area contributed by atoms with Gasteiger partial charge in [0.25, 0.3) is 5.91 Å². The van der Waals surface area contributed by atoms with E-state index in [1.54, 1.807) is 36.4 Å². The summed E-state index contributed by atoms with van der Waals surface area (Å²) >= 11 is 11.8. The van der Waals surface area contributed by atoms with Crippen LogP contribution in [0.4, 0.5) is 5.69 Å². The van der Waals surface area contributed by atoms with E-state index in [1.165, 1.54) is 6.07 Å². The Labute approximate surface area is 120 Å². The molecule has 0 aliphatic carbocycles. The fourth-order valence-electron chi connectivity index (χ4n) is 1.51. The molecule has 0 spiro atoms. The van der Waals surface area contributed by atoms with Crippen LogP contribution in [-0.2, 0) is 0 Å². The zero-order valence-corrected chi connectivity index (χ0v) is 11.2. The third-order valence-electron chi connectivity index (χ3n) is 2.43. The number of nitrogens with zero attached hydrogens (tertiary/aromatic N) is 1. The number of anilines is 1. The number of hydrogen-bond acceptors (Lipinski definition) is 2. The lowest BCUT2D eigenvalue weighted by atomic mass is 10.2. The van der Waals surface area contributed by atoms with Gasteiger partial charge in [-0.3, -0.25) is 4.79 Å². The zero-order chi connectivity index (χ0) is 13.8. The van der Waals surface area contributed by atoms with Crippen LogP contribution in [0.25, 0.3) is 0 Å². The second kappa shape index (κ2) is 5.75. The molecule has 2 aromatic rings. The highest BCUT2D eigenvalue weighted by Gasteiger charge is 2.09. The smallest absolute Gasteiger partial charge is 0.255 e. The summed E-state index contributed by atoms with van der Waals surface area (Å²) in [4.78, 5) is 12.0. The molecule has 0 aromatic heterocycles. The molecule has 0 saturated heterocycles. The molecular formula is C14H8Cl2N2O. The van der Waals surface area contributed by atoms with E-state index < -0.39 is 0 Å². The molecule has 94 valence electrons. The molecular weight excluding hydrogens is 283 g/mol. The van der Waals surface area contributed by atoms with Gasteiger partial charge in [-0.2, -0.15) is 5.26 Å². The van der Waals surface area contributed by atoms with Gasteiger partial charge in [0.15, 0.2) is 0 Å². The van der Waals surface area contributed by atoms with Crippen LogP contribution in [0.15, 0.2) is 42.5 Å². The summed E-state index contributed by atoms with van der Waals surface area (Å²) in [7, 11) is 0. The van der Waals surface area contributed by atoms with E-state index in [0.717, 1.165) is 0 Å². The largest absolute Gasteiger partial charge is 0.321 e. The van der Waals surface area contributed by atoms with Crippen LogP contribution < -0.4 is 5.32 Å². The summed E-state index contributed by atoms with van der Waals surface area (Å²) in [6, 6.07) is 13.2. The van der Waals surface area contributed by atoms with E-state index in [4.69, 9.17) is 28.5 Å². The Morgan fingerprint density at radius 3 is 2.58 bits per heavy atom. The highest BCUT2D eigenvalue weighted by atomic mass is 35.5. The van der Waals surface area contributed by atoms with Gasteiger partial charge in [-0.25, -0.2) is 0 Å². The van der Waals surface area contributed by atoms with Crippen LogP contribution in [0.5, 0.6) is 0 Å². The molecule has 3 nitrogen and oxygen atoms in total. The fourth-order valence-corrected chi connectivity index (χ4v) is 1.93. The lowest BCUT2D eigenvalue weighted by Crippen LogP contribution is -2.12. The van der Waals surface area contributed by atoms with Crippen molar-refractivity contribution in [3.63, 3.8) is 0 Å². The number of carbonyl (C=O) groups excluding carboxylic acids is 1. The summed E-state index contributed by atoms with van der Waals surface area (Å²) in [5, 5.41) is 12.2. The van der Waals surface area contributed by atoms with Gasteiger partial charge in [-0.1, -0.05) is 29.3 Å². The van der Waals surface area contributed by atoms with Gasteiger partial charge in [-0.05, 0) is 36.4 Å². The number of benzene rings is 2. The van der Waals surface area contributed by atoms with Gasteiger partial charge in [0.05, 0.1) is 22.3 Å². The van der Waals surface area contributed by atoms with E-state index in [-0.39, 0.29) is 5.91 Å². The third kappa shape index (κ3) is 3.25. The number of nitriles is 1. The molecule has 0 radical (unpaired) electrons. The van der Waals surface area contributed by atoms with Crippen LogP contribution in [0.3, 0.4) is 0 Å². The van der Waals surface area contributed by atoms with E-state index in [2.05, 4.69) is 5.32 Å².